The van der Waals surface area contributed by atoms with E-state index in [1.807, 2.05) is 0 Å². The largest absolute Gasteiger partial charge is 0.462 e. The summed E-state index contributed by atoms with van der Waals surface area (Å²) in [7, 11) is 0. The summed E-state index contributed by atoms with van der Waals surface area (Å²) >= 11 is 0. The molecule has 0 aromatic carbocycles. The number of aliphatic hydroxyl groups excluding tert-OH is 1. The van der Waals surface area contributed by atoms with Crippen LogP contribution in [0.15, 0.2) is 12.7 Å². The summed E-state index contributed by atoms with van der Waals surface area (Å²) in [6, 6.07) is 0. The van der Waals surface area contributed by atoms with Crippen LogP contribution in [-0.4, -0.2) is 36.2 Å². The van der Waals surface area contributed by atoms with E-state index < -0.39 is 18.0 Å². The SMILES string of the molecule is C=CC(=O)NCC(=O)OCC(C)O. The molecule has 0 heterocycles. The molecular weight excluding hydrogens is 174 g/mol. The van der Waals surface area contributed by atoms with Crippen LogP contribution in [0.4, 0.5) is 0 Å². The van der Waals surface area contributed by atoms with Crippen LogP contribution in [0.1, 0.15) is 6.92 Å². The van der Waals surface area contributed by atoms with Gasteiger partial charge < -0.3 is 15.2 Å². The minimum absolute atomic E-state index is 0.0667. The molecule has 0 spiro atoms. The van der Waals surface area contributed by atoms with Gasteiger partial charge in [0, 0.05) is 0 Å². The van der Waals surface area contributed by atoms with Crippen molar-refractivity contribution in [2.24, 2.45) is 0 Å². The molecule has 0 radical (unpaired) electrons. The van der Waals surface area contributed by atoms with Gasteiger partial charge in [0.1, 0.15) is 13.2 Å². The van der Waals surface area contributed by atoms with E-state index in [2.05, 4.69) is 16.6 Å². The van der Waals surface area contributed by atoms with Gasteiger partial charge in [0.25, 0.3) is 0 Å². The fourth-order valence-electron chi connectivity index (χ4n) is 0.496. The Labute approximate surface area is 76.4 Å². The standard InChI is InChI=1S/C8H13NO4/c1-3-7(11)9-4-8(12)13-5-6(2)10/h3,6,10H,1,4-5H2,2H3,(H,9,11). The molecule has 1 atom stereocenters. The first-order chi connectivity index (χ1) is 6.06. The molecule has 0 aliphatic carbocycles. The summed E-state index contributed by atoms with van der Waals surface area (Å²) in [5.74, 6) is -1.02. The highest BCUT2D eigenvalue weighted by atomic mass is 16.5. The van der Waals surface area contributed by atoms with Crippen molar-refractivity contribution in [2.75, 3.05) is 13.2 Å². The monoisotopic (exact) mass is 187 g/mol. The number of rotatable bonds is 5. The number of esters is 1. The maximum atomic E-state index is 10.8. The van der Waals surface area contributed by atoms with Crippen molar-refractivity contribution in [1.29, 1.82) is 0 Å². The lowest BCUT2D eigenvalue weighted by Gasteiger charge is -2.06. The summed E-state index contributed by atoms with van der Waals surface area (Å²) in [4.78, 5) is 21.4. The highest BCUT2D eigenvalue weighted by Crippen LogP contribution is 1.83. The van der Waals surface area contributed by atoms with E-state index in [-0.39, 0.29) is 13.2 Å². The van der Waals surface area contributed by atoms with Crippen LogP contribution in [0.5, 0.6) is 0 Å². The van der Waals surface area contributed by atoms with Gasteiger partial charge >= 0.3 is 5.97 Å². The number of hydrogen-bond acceptors (Lipinski definition) is 4. The molecule has 0 rings (SSSR count). The van der Waals surface area contributed by atoms with Gasteiger partial charge in [-0.05, 0) is 13.0 Å². The Balaban J connectivity index is 3.51. The first-order valence-electron chi connectivity index (χ1n) is 3.80. The molecule has 1 unspecified atom stereocenters. The lowest BCUT2D eigenvalue weighted by Crippen LogP contribution is -2.30. The third kappa shape index (κ3) is 7.02. The summed E-state index contributed by atoms with van der Waals surface area (Å²) in [5.41, 5.74) is 0. The van der Waals surface area contributed by atoms with E-state index in [9.17, 15) is 9.59 Å². The molecule has 0 aliphatic rings. The number of ether oxygens (including phenoxy) is 1. The topological polar surface area (TPSA) is 75.6 Å². The zero-order chi connectivity index (χ0) is 10.3. The molecule has 0 saturated carbocycles. The maximum absolute atomic E-state index is 10.8. The Hall–Kier alpha value is -1.36. The Morgan fingerprint density at radius 1 is 1.69 bits per heavy atom. The predicted molar refractivity (Wildman–Crippen MR) is 45.8 cm³/mol. The fourth-order valence-corrected chi connectivity index (χ4v) is 0.496. The molecule has 0 aromatic heterocycles. The summed E-state index contributed by atoms with van der Waals surface area (Å²) < 4.78 is 4.56. The van der Waals surface area contributed by atoms with Crippen molar-refractivity contribution < 1.29 is 19.4 Å². The van der Waals surface area contributed by atoms with Gasteiger partial charge in [-0.1, -0.05) is 6.58 Å². The quantitative estimate of drug-likeness (QED) is 0.437. The molecule has 1 amide bonds. The maximum Gasteiger partial charge on any atom is 0.325 e. The second-order valence-electron chi connectivity index (χ2n) is 2.45. The average molecular weight is 187 g/mol. The van der Waals surface area contributed by atoms with Gasteiger partial charge in [-0.2, -0.15) is 0 Å². The number of amides is 1. The minimum atomic E-state index is -0.695. The number of carbonyl (C=O) groups excluding carboxylic acids is 2. The normalized spacial score (nSPS) is 11.5. The lowest BCUT2D eigenvalue weighted by atomic mass is 10.4. The van der Waals surface area contributed by atoms with Crippen molar-refractivity contribution in [3.05, 3.63) is 12.7 Å². The summed E-state index contributed by atoms with van der Waals surface area (Å²) in [5, 5.41) is 11.0. The van der Waals surface area contributed by atoms with Crippen molar-refractivity contribution in [2.45, 2.75) is 13.0 Å². The first kappa shape index (κ1) is 11.6. The van der Waals surface area contributed by atoms with Crippen LogP contribution in [0.25, 0.3) is 0 Å². The third-order valence-electron chi connectivity index (χ3n) is 1.08. The molecule has 0 fully saturated rings. The van der Waals surface area contributed by atoms with Gasteiger partial charge in [-0.15, -0.1) is 0 Å². The molecule has 0 bridgehead atoms. The van der Waals surface area contributed by atoms with Gasteiger partial charge in [-0.3, -0.25) is 9.59 Å². The smallest absolute Gasteiger partial charge is 0.325 e. The minimum Gasteiger partial charge on any atom is -0.462 e. The Morgan fingerprint density at radius 2 is 2.31 bits per heavy atom. The van der Waals surface area contributed by atoms with Crippen molar-refractivity contribution >= 4 is 11.9 Å². The number of nitrogens with one attached hydrogen (secondary N) is 1. The fraction of sp³-hybridized carbons (Fsp3) is 0.500. The van der Waals surface area contributed by atoms with Crippen molar-refractivity contribution in [3.63, 3.8) is 0 Å². The number of carbonyl (C=O) groups is 2. The average Bonchev–Trinajstić information content (AvgIpc) is 2.10. The zero-order valence-corrected chi connectivity index (χ0v) is 7.45. The second kappa shape index (κ2) is 6.19. The highest BCUT2D eigenvalue weighted by Gasteiger charge is 2.05. The third-order valence-corrected chi connectivity index (χ3v) is 1.08. The summed E-state index contributed by atoms with van der Waals surface area (Å²) in [6.45, 7) is 4.43. The Kier molecular flexibility index (Phi) is 5.54. The van der Waals surface area contributed by atoms with E-state index in [1.165, 1.54) is 6.92 Å². The van der Waals surface area contributed by atoms with Crippen LogP contribution in [0.2, 0.25) is 0 Å². The lowest BCUT2D eigenvalue weighted by molar-refractivity contribution is -0.146. The second-order valence-corrected chi connectivity index (χ2v) is 2.45. The van der Waals surface area contributed by atoms with Crippen LogP contribution in [-0.2, 0) is 14.3 Å². The molecular formula is C8H13NO4. The van der Waals surface area contributed by atoms with Gasteiger partial charge in [0.2, 0.25) is 5.91 Å². The van der Waals surface area contributed by atoms with Gasteiger partial charge in [0.05, 0.1) is 6.10 Å². The Morgan fingerprint density at radius 3 is 2.77 bits per heavy atom. The molecule has 0 aromatic rings. The van der Waals surface area contributed by atoms with Crippen LogP contribution < -0.4 is 5.32 Å². The van der Waals surface area contributed by atoms with E-state index in [4.69, 9.17) is 5.11 Å². The van der Waals surface area contributed by atoms with Gasteiger partial charge in [0.15, 0.2) is 0 Å². The van der Waals surface area contributed by atoms with E-state index in [0.29, 0.717) is 0 Å². The number of hydrogen-bond donors (Lipinski definition) is 2. The van der Waals surface area contributed by atoms with Crippen LogP contribution in [0, 0.1) is 0 Å². The molecule has 0 saturated heterocycles. The van der Waals surface area contributed by atoms with E-state index in [0.717, 1.165) is 6.08 Å². The molecule has 0 aliphatic heterocycles. The molecule has 5 heteroatoms. The number of aliphatic hydroxyl groups is 1. The van der Waals surface area contributed by atoms with Crippen LogP contribution in [0.3, 0.4) is 0 Å². The van der Waals surface area contributed by atoms with E-state index >= 15 is 0 Å². The van der Waals surface area contributed by atoms with Gasteiger partial charge in [-0.25, -0.2) is 0 Å². The molecule has 13 heavy (non-hydrogen) atoms. The van der Waals surface area contributed by atoms with E-state index in [1.54, 1.807) is 0 Å². The Bertz CT molecular complexity index is 200. The zero-order valence-electron chi connectivity index (χ0n) is 7.45. The molecule has 74 valence electrons. The highest BCUT2D eigenvalue weighted by molar-refractivity contribution is 5.89. The molecule has 5 nitrogen and oxygen atoms in total. The van der Waals surface area contributed by atoms with Crippen molar-refractivity contribution in [3.8, 4) is 0 Å². The van der Waals surface area contributed by atoms with Crippen molar-refractivity contribution in [1.82, 2.24) is 5.32 Å². The first-order valence-corrected chi connectivity index (χ1v) is 3.80. The summed E-state index contributed by atoms with van der Waals surface area (Å²) in [6.07, 6.45) is 0.362. The molecule has 2 N–H and O–H groups in total. The predicted octanol–water partition coefficient (Wildman–Crippen LogP) is -0.787. The van der Waals surface area contributed by atoms with Crippen LogP contribution >= 0.6 is 0 Å².